The van der Waals surface area contributed by atoms with Gasteiger partial charge in [0.2, 0.25) is 0 Å². The lowest BCUT2D eigenvalue weighted by molar-refractivity contribution is 0.588. The van der Waals surface area contributed by atoms with Gasteiger partial charge in [0.15, 0.2) is 0 Å². The molecule has 0 spiro atoms. The highest BCUT2D eigenvalue weighted by Gasteiger charge is 2.10. The first-order chi connectivity index (χ1) is 6.72. The standard InChI is InChI=1S/C11H12ClNO/c1-7(13-2)10-6-14-11-4-3-8(12)5-9(10)11/h3-7,13H,1-2H3. The summed E-state index contributed by atoms with van der Waals surface area (Å²) in [5.74, 6) is 0. The van der Waals surface area contributed by atoms with Crippen molar-refractivity contribution in [3.8, 4) is 0 Å². The van der Waals surface area contributed by atoms with Gasteiger partial charge in [0, 0.05) is 22.0 Å². The SMILES string of the molecule is CNC(C)c1coc2ccc(Cl)cc12. The predicted molar refractivity (Wildman–Crippen MR) is 58.7 cm³/mol. The van der Waals surface area contributed by atoms with Crippen LogP contribution in [0.2, 0.25) is 5.02 Å². The topological polar surface area (TPSA) is 25.2 Å². The van der Waals surface area contributed by atoms with E-state index in [0.29, 0.717) is 0 Å². The Morgan fingerprint density at radius 2 is 2.21 bits per heavy atom. The molecule has 0 bridgehead atoms. The third-order valence-corrected chi connectivity index (χ3v) is 2.70. The third kappa shape index (κ3) is 1.51. The van der Waals surface area contributed by atoms with E-state index in [9.17, 15) is 0 Å². The minimum absolute atomic E-state index is 0.273. The summed E-state index contributed by atoms with van der Waals surface area (Å²) in [6.45, 7) is 2.09. The Morgan fingerprint density at radius 1 is 1.43 bits per heavy atom. The number of benzene rings is 1. The minimum Gasteiger partial charge on any atom is -0.464 e. The van der Waals surface area contributed by atoms with Gasteiger partial charge in [-0.1, -0.05) is 11.6 Å². The summed E-state index contributed by atoms with van der Waals surface area (Å²) >= 11 is 5.93. The quantitative estimate of drug-likeness (QED) is 0.821. The molecule has 1 atom stereocenters. The smallest absolute Gasteiger partial charge is 0.134 e. The molecular formula is C11H12ClNO. The van der Waals surface area contributed by atoms with E-state index in [-0.39, 0.29) is 6.04 Å². The molecule has 0 fully saturated rings. The van der Waals surface area contributed by atoms with Gasteiger partial charge in [-0.05, 0) is 32.2 Å². The molecule has 1 aromatic carbocycles. The van der Waals surface area contributed by atoms with E-state index in [0.717, 1.165) is 21.6 Å². The largest absolute Gasteiger partial charge is 0.464 e. The van der Waals surface area contributed by atoms with Crippen molar-refractivity contribution in [2.45, 2.75) is 13.0 Å². The fourth-order valence-corrected chi connectivity index (χ4v) is 1.68. The first-order valence-electron chi connectivity index (χ1n) is 4.56. The highest BCUT2D eigenvalue weighted by molar-refractivity contribution is 6.31. The molecule has 2 aromatic rings. The average Bonchev–Trinajstić information content (AvgIpc) is 2.59. The van der Waals surface area contributed by atoms with Crippen LogP contribution in [0.5, 0.6) is 0 Å². The van der Waals surface area contributed by atoms with Gasteiger partial charge in [0.25, 0.3) is 0 Å². The van der Waals surface area contributed by atoms with Crippen molar-refractivity contribution in [3.63, 3.8) is 0 Å². The molecule has 0 amide bonds. The highest BCUT2D eigenvalue weighted by atomic mass is 35.5. The fraction of sp³-hybridized carbons (Fsp3) is 0.273. The summed E-state index contributed by atoms with van der Waals surface area (Å²) in [5.41, 5.74) is 2.02. The van der Waals surface area contributed by atoms with Crippen molar-refractivity contribution in [2.75, 3.05) is 7.05 Å². The van der Waals surface area contributed by atoms with Crippen molar-refractivity contribution in [3.05, 3.63) is 35.0 Å². The predicted octanol–water partition coefficient (Wildman–Crippen LogP) is 3.37. The van der Waals surface area contributed by atoms with Gasteiger partial charge in [0.05, 0.1) is 6.26 Å². The summed E-state index contributed by atoms with van der Waals surface area (Å²) in [6, 6.07) is 5.93. The van der Waals surface area contributed by atoms with E-state index in [1.54, 1.807) is 6.26 Å². The first kappa shape index (κ1) is 9.56. The van der Waals surface area contributed by atoms with E-state index in [1.807, 2.05) is 25.2 Å². The van der Waals surface area contributed by atoms with Gasteiger partial charge in [-0.2, -0.15) is 0 Å². The Balaban J connectivity index is 2.61. The van der Waals surface area contributed by atoms with Gasteiger partial charge >= 0.3 is 0 Å². The zero-order valence-corrected chi connectivity index (χ0v) is 8.93. The first-order valence-corrected chi connectivity index (χ1v) is 4.94. The molecule has 14 heavy (non-hydrogen) atoms. The number of fused-ring (bicyclic) bond motifs is 1. The van der Waals surface area contributed by atoms with Gasteiger partial charge in [-0.25, -0.2) is 0 Å². The second-order valence-electron chi connectivity index (χ2n) is 3.34. The lowest BCUT2D eigenvalue weighted by Gasteiger charge is -2.07. The van der Waals surface area contributed by atoms with Crippen LogP contribution in [0.25, 0.3) is 11.0 Å². The molecular weight excluding hydrogens is 198 g/mol. The van der Waals surface area contributed by atoms with Crippen molar-refractivity contribution in [1.82, 2.24) is 5.32 Å². The second kappa shape index (κ2) is 3.64. The van der Waals surface area contributed by atoms with Crippen molar-refractivity contribution in [1.29, 1.82) is 0 Å². The zero-order valence-electron chi connectivity index (χ0n) is 8.17. The van der Waals surface area contributed by atoms with Crippen molar-refractivity contribution in [2.24, 2.45) is 0 Å². The molecule has 2 nitrogen and oxygen atoms in total. The maximum Gasteiger partial charge on any atom is 0.134 e. The molecule has 2 rings (SSSR count). The molecule has 1 N–H and O–H groups in total. The molecule has 0 saturated carbocycles. The van der Waals surface area contributed by atoms with Crippen LogP contribution in [-0.4, -0.2) is 7.05 Å². The van der Waals surface area contributed by atoms with Crippen LogP contribution < -0.4 is 5.32 Å². The zero-order chi connectivity index (χ0) is 10.1. The summed E-state index contributed by atoms with van der Waals surface area (Å²) in [5, 5.41) is 5.00. The van der Waals surface area contributed by atoms with Crippen LogP contribution in [0.15, 0.2) is 28.9 Å². The van der Waals surface area contributed by atoms with E-state index < -0.39 is 0 Å². The molecule has 74 valence electrons. The molecule has 0 radical (unpaired) electrons. The number of nitrogens with one attached hydrogen (secondary N) is 1. The van der Waals surface area contributed by atoms with E-state index in [4.69, 9.17) is 16.0 Å². The lowest BCUT2D eigenvalue weighted by atomic mass is 10.1. The lowest BCUT2D eigenvalue weighted by Crippen LogP contribution is -2.11. The summed E-state index contributed by atoms with van der Waals surface area (Å²) in [6.07, 6.45) is 1.78. The van der Waals surface area contributed by atoms with Gasteiger partial charge in [-0.3, -0.25) is 0 Å². The van der Waals surface area contributed by atoms with Crippen molar-refractivity contribution < 1.29 is 4.42 Å². The van der Waals surface area contributed by atoms with E-state index in [2.05, 4.69) is 12.2 Å². The average molecular weight is 210 g/mol. The van der Waals surface area contributed by atoms with Crippen molar-refractivity contribution >= 4 is 22.6 Å². The summed E-state index contributed by atoms with van der Waals surface area (Å²) < 4.78 is 5.43. The van der Waals surface area contributed by atoms with Crippen LogP contribution in [0, 0.1) is 0 Å². The number of hydrogen-bond donors (Lipinski definition) is 1. The molecule has 1 unspecified atom stereocenters. The number of furan rings is 1. The second-order valence-corrected chi connectivity index (χ2v) is 3.78. The summed E-state index contributed by atoms with van der Waals surface area (Å²) in [4.78, 5) is 0. The Hall–Kier alpha value is -0.990. The third-order valence-electron chi connectivity index (χ3n) is 2.46. The van der Waals surface area contributed by atoms with Gasteiger partial charge in [0.1, 0.15) is 5.58 Å². The molecule has 0 aliphatic rings. The molecule has 3 heteroatoms. The Labute approximate surface area is 87.9 Å². The van der Waals surface area contributed by atoms with E-state index >= 15 is 0 Å². The van der Waals surface area contributed by atoms with Crippen LogP contribution in [0.3, 0.4) is 0 Å². The van der Waals surface area contributed by atoms with Crippen LogP contribution in [0.1, 0.15) is 18.5 Å². The minimum atomic E-state index is 0.273. The molecule has 0 aliphatic carbocycles. The van der Waals surface area contributed by atoms with E-state index in [1.165, 1.54) is 0 Å². The monoisotopic (exact) mass is 209 g/mol. The van der Waals surface area contributed by atoms with Crippen LogP contribution in [-0.2, 0) is 0 Å². The summed E-state index contributed by atoms with van der Waals surface area (Å²) in [7, 11) is 1.92. The van der Waals surface area contributed by atoms with Gasteiger partial charge < -0.3 is 9.73 Å². The maximum atomic E-state index is 5.93. The van der Waals surface area contributed by atoms with Crippen LogP contribution >= 0.6 is 11.6 Å². The normalized spacial score (nSPS) is 13.4. The fourth-order valence-electron chi connectivity index (χ4n) is 1.51. The van der Waals surface area contributed by atoms with Crippen LogP contribution in [0.4, 0.5) is 0 Å². The Morgan fingerprint density at radius 3 is 2.93 bits per heavy atom. The number of halogens is 1. The number of hydrogen-bond acceptors (Lipinski definition) is 2. The molecule has 0 saturated heterocycles. The Bertz CT molecular complexity index is 449. The molecule has 0 aliphatic heterocycles. The molecule has 1 aromatic heterocycles. The maximum absolute atomic E-state index is 5.93. The molecule has 1 heterocycles. The Kier molecular flexibility index (Phi) is 2.48. The van der Waals surface area contributed by atoms with Gasteiger partial charge in [-0.15, -0.1) is 0 Å². The highest BCUT2D eigenvalue weighted by Crippen LogP contribution is 2.28. The number of rotatable bonds is 2.